The second-order valence-electron chi connectivity index (χ2n) is 2.98. The fourth-order valence-corrected chi connectivity index (χ4v) is 1.30. The highest BCUT2D eigenvalue weighted by Crippen LogP contribution is 2.12. The molecule has 2 heterocycles. The molecular formula is C9H12N2O2. The van der Waals surface area contributed by atoms with Gasteiger partial charge in [-0.05, 0) is 18.9 Å². The van der Waals surface area contributed by atoms with Gasteiger partial charge in [-0.2, -0.15) is 0 Å². The zero-order valence-electron chi connectivity index (χ0n) is 7.35. The molecule has 70 valence electrons. The molecule has 0 unspecified atom stereocenters. The maximum absolute atomic E-state index is 5.39. The van der Waals surface area contributed by atoms with Crippen LogP contribution in [0.15, 0.2) is 18.5 Å². The molecule has 2 rings (SSSR count). The lowest BCUT2D eigenvalue weighted by Crippen LogP contribution is -2.17. The highest BCUT2D eigenvalue weighted by atomic mass is 16.5. The van der Waals surface area contributed by atoms with E-state index in [-0.39, 0.29) is 6.10 Å². The van der Waals surface area contributed by atoms with Crippen LogP contribution >= 0.6 is 0 Å². The highest BCUT2D eigenvalue weighted by molar-refractivity contribution is 4.93. The molecule has 0 saturated carbocycles. The van der Waals surface area contributed by atoms with Gasteiger partial charge in [-0.3, -0.25) is 0 Å². The Morgan fingerprint density at radius 2 is 2.31 bits per heavy atom. The fourth-order valence-electron chi connectivity index (χ4n) is 1.30. The first-order valence-corrected chi connectivity index (χ1v) is 4.46. The van der Waals surface area contributed by atoms with Gasteiger partial charge in [0.25, 0.3) is 0 Å². The molecule has 1 aromatic heterocycles. The summed E-state index contributed by atoms with van der Waals surface area (Å²) in [4.78, 5) is 7.90. The van der Waals surface area contributed by atoms with Crippen LogP contribution in [0, 0.1) is 0 Å². The molecule has 4 nitrogen and oxygen atoms in total. The smallest absolute Gasteiger partial charge is 0.316 e. The Labute approximate surface area is 76.9 Å². The van der Waals surface area contributed by atoms with Crippen LogP contribution in [-0.4, -0.2) is 29.3 Å². The van der Waals surface area contributed by atoms with Crippen LogP contribution < -0.4 is 4.74 Å². The quantitative estimate of drug-likeness (QED) is 0.697. The Morgan fingerprint density at radius 3 is 3.00 bits per heavy atom. The average Bonchev–Trinajstić information content (AvgIpc) is 2.69. The predicted molar refractivity (Wildman–Crippen MR) is 46.5 cm³/mol. The summed E-state index contributed by atoms with van der Waals surface area (Å²) >= 11 is 0. The Morgan fingerprint density at radius 1 is 1.46 bits per heavy atom. The minimum Gasteiger partial charge on any atom is -0.461 e. The molecule has 1 saturated heterocycles. The maximum atomic E-state index is 5.39. The monoisotopic (exact) mass is 180 g/mol. The molecule has 0 aliphatic carbocycles. The SMILES string of the molecule is c1cnc(OC[C@@H]2CCCO2)nc1. The Hall–Kier alpha value is -1.16. The van der Waals surface area contributed by atoms with Crippen molar-refractivity contribution in [2.75, 3.05) is 13.2 Å². The molecule has 0 bridgehead atoms. The summed E-state index contributed by atoms with van der Waals surface area (Å²) in [5.74, 6) is 0. The fraction of sp³-hybridized carbons (Fsp3) is 0.556. The minimum atomic E-state index is 0.226. The average molecular weight is 180 g/mol. The molecular weight excluding hydrogens is 168 g/mol. The molecule has 1 aliphatic heterocycles. The predicted octanol–water partition coefficient (Wildman–Crippen LogP) is 1.03. The number of hydrogen-bond acceptors (Lipinski definition) is 4. The summed E-state index contributed by atoms with van der Waals surface area (Å²) in [5.41, 5.74) is 0. The van der Waals surface area contributed by atoms with E-state index in [9.17, 15) is 0 Å². The molecule has 0 amide bonds. The molecule has 13 heavy (non-hydrogen) atoms. The zero-order chi connectivity index (χ0) is 8.93. The van der Waals surface area contributed by atoms with E-state index < -0.39 is 0 Å². The molecule has 1 aromatic rings. The van der Waals surface area contributed by atoms with Crippen molar-refractivity contribution in [2.24, 2.45) is 0 Å². The van der Waals surface area contributed by atoms with Crippen LogP contribution in [0.25, 0.3) is 0 Å². The summed E-state index contributed by atoms with van der Waals surface area (Å²) in [7, 11) is 0. The first-order chi connectivity index (χ1) is 6.45. The van der Waals surface area contributed by atoms with Gasteiger partial charge in [0, 0.05) is 19.0 Å². The number of aromatic nitrogens is 2. The van der Waals surface area contributed by atoms with Gasteiger partial charge >= 0.3 is 6.01 Å². The van der Waals surface area contributed by atoms with Crippen LogP contribution in [0.2, 0.25) is 0 Å². The van der Waals surface area contributed by atoms with Crippen molar-refractivity contribution >= 4 is 0 Å². The molecule has 4 heteroatoms. The van der Waals surface area contributed by atoms with E-state index in [1.807, 2.05) is 0 Å². The van der Waals surface area contributed by atoms with Gasteiger partial charge in [0.2, 0.25) is 0 Å². The third-order valence-corrected chi connectivity index (χ3v) is 1.96. The van der Waals surface area contributed by atoms with E-state index in [1.165, 1.54) is 0 Å². The van der Waals surface area contributed by atoms with Gasteiger partial charge < -0.3 is 9.47 Å². The van der Waals surface area contributed by atoms with Crippen molar-refractivity contribution < 1.29 is 9.47 Å². The van der Waals surface area contributed by atoms with E-state index >= 15 is 0 Å². The molecule has 1 aliphatic rings. The lowest BCUT2D eigenvalue weighted by molar-refractivity contribution is 0.0645. The topological polar surface area (TPSA) is 44.2 Å². The first kappa shape index (κ1) is 8.44. The minimum absolute atomic E-state index is 0.226. The van der Waals surface area contributed by atoms with Gasteiger partial charge in [0.05, 0.1) is 6.10 Å². The van der Waals surface area contributed by atoms with Crippen molar-refractivity contribution in [2.45, 2.75) is 18.9 Å². The van der Waals surface area contributed by atoms with Crippen molar-refractivity contribution in [3.8, 4) is 6.01 Å². The van der Waals surface area contributed by atoms with Crippen LogP contribution in [0.4, 0.5) is 0 Å². The Bertz CT molecular complexity index is 247. The standard InChI is InChI=1S/C9H12N2O2/c1-3-8(12-6-1)7-13-9-10-4-2-5-11-9/h2,4-5,8H,1,3,6-7H2/t8-/m0/s1. The molecule has 0 spiro atoms. The molecule has 1 fully saturated rings. The van der Waals surface area contributed by atoms with Gasteiger partial charge in [0.15, 0.2) is 0 Å². The third-order valence-electron chi connectivity index (χ3n) is 1.96. The number of nitrogens with zero attached hydrogens (tertiary/aromatic N) is 2. The van der Waals surface area contributed by atoms with Crippen molar-refractivity contribution in [1.29, 1.82) is 0 Å². The van der Waals surface area contributed by atoms with Crippen LogP contribution in [-0.2, 0) is 4.74 Å². The highest BCUT2D eigenvalue weighted by Gasteiger charge is 2.16. The lowest BCUT2D eigenvalue weighted by Gasteiger charge is -2.08. The van der Waals surface area contributed by atoms with Crippen molar-refractivity contribution in [3.05, 3.63) is 18.5 Å². The zero-order valence-corrected chi connectivity index (χ0v) is 7.35. The Balaban J connectivity index is 1.79. The van der Waals surface area contributed by atoms with E-state index in [0.717, 1.165) is 19.4 Å². The summed E-state index contributed by atoms with van der Waals surface area (Å²) < 4.78 is 10.7. The second-order valence-corrected chi connectivity index (χ2v) is 2.98. The summed E-state index contributed by atoms with van der Waals surface area (Å²) in [6.07, 6.45) is 5.76. The molecule has 0 N–H and O–H groups in total. The van der Waals surface area contributed by atoms with E-state index in [2.05, 4.69) is 9.97 Å². The normalized spacial score (nSPS) is 21.7. The van der Waals surface area contributed by atoms with Gasteiger partial charge in [-0.25, -0.2) is 9.97 Å². The number of rotatable bonds is 3. The van der Waals surface area contributed by atoms with E-state index in [1.54, 1.807) is 18.5 Å². The molecule has 0 radical (unpaired) electrons. The van der Waals surface area contributed by atoms with Crippen LogP contribution in [0.5, 0.6) is 6.01 Å². The largest absolute Gasteiger partial charge is 0.461 e. The van der Waals surface area contributed by atoms with E-state index in [4.69, 9.17) is 9.47 Å². The third kappa shape index (κ3) is 2.39. The van der Waals surface area contributed by atoms with Crippen LogP contribution in [0.1, 0.15) is 12.8 Å². The number of ether oxygens (including phenoxy) is 2. The van der Waals surface area contributed by atoms with Crippen molar-refractivity contribution in [3.63, 3.8) is 0 Å². The summed E-state index contributed by atoms with van der Waals surface area (Å²) in [5, 5.41) is 0. The maximum Gasteiger partial charge on any atom is 0.316 e. The first-order valence-electron chi connectivity index (χ1n) is 4.46. The van der Waals surface area contributed by atoms with Gasteiger partial charge in [-0.1, -0.05) is 0 Å². The van der Waals surface area contributed by atoms with E-state index in [0.29, 0.717) is 12.6 Å². The summed E-state index contributed by atoms with van der Waals surface area (Å²) in [6, 6.07) is 2.19. The second kappa shape index (κ2) is 4.18. The molecule has 0 aromatic carbocycles. The van der Waals surface area contributed by atoms with Gasteiger partial charge in [0.1, 0.15) is 6.61 Å². The van der Waals surface area contributed by atoms with Gasteiger partial charge in [-0.15, -0.1) is 0 Å². The summed E-state index contributed by atoms with van der Waals surface area (Å²) in [6.45, 7) is 1.41. The van der Waals surface area contributed by atoms with Crippen LogP contribution in [0.3, 0.4) is 0 Å². The number of hydrogen-bond donors (Lipinski definition) is 0. The Kier molecular flexibility index (Phi) is 2.72. The molecule has 1 atom stereocenters. The lowest BCUT2D eigenvalue weighted by atomic mass is 10.2. The van der Waals surface area contributed by atoms with Crippen molar-refractivity contribution in [1.82, 2.24) is 9.97 Å².